The first-order valence-corrected chi connectivity index (χ1v) is 12.8. The summed E-state index contributed by atoms with van der Waals surface area (Å²) in [7, 11) is 3.35. The fourth-order valence-electron chi connectivity index (χ4n) is 3.98. The SMILES string of the molecule is COc1ccc(CN(Cc2sccc2C)CC2CCCO2)cc1OC.O=C(O)CC(O)(CC(=O)O)C(=O)O. The number of aryl methyl sites for hydroxylation is 1. The summed E-state index contributed by atoms with van der Waals surface area (Å²) in [6, 6.07) is 8.36. The number of methoxy groups -OCH3 is 2. The number of ether oxygens (including phenoxy) is 3. The van der Waals surface area contributed by atoms with Crippen molar-refractivity contribution in [2.45, 2.75) is 57.4 Å². The Kier molecular flexibility index (Phi) is 12.0. The van der Waals surface area contributed by atoms with Gasteiger partial charge in [0.1, 0.15) is 0 Å². The Hall–Kier alpha value is -3.19. The molecule has 0 saturated carbocycles. The van der Waals surface area contributed by atoms with Crippen molar-refractivity contribution in [1.29, 1.82) is 0 Å². The molecule has 12 heteroatoms. The molecule has 1 saturated heterocycles. The van der Waals surface area contributed by atoms with Gasteiger partial charge in [-0.05, 0) is 54.5 Å². The molecule has 1 atom stereocenters. The number of aliphatic hydroxyl groups is 1. The van der Waals surface area contributed by atoms with Crippen molar-refractivity contribution in [2.75, 3.05) is 27.4 Å². The Labute approximate surface area is 225 Å². The van der Waals surface area contributed by atoms with Gasteiger partial charge in [-0.3, -0.25) is 14.5 Å². The molecule has 0 spiro atoms. The Bertz CT molecular complexity index is 1060. The summed E-state index contributed by atoms with van der Waals surface area (Å²) in [6.45, 7) is 5.88. The maximum atomic E-state index is 10.3. The standard InChI is InChI=1S/C20H27NO3S.C6H8O7/c1-15-8-10-25-20(15)14-21(13-17-5-4-9-24-17)12-16-6-7-18(22-2)19(11-16)23-3;7-3(8)1-6(13,5(11)12)2-4(9)10/h6-8,10-11,17H,4-5,9,12-14H2,1-3H3;13H,1-2H2,(H,7,8)(H,9,10)(H,11,12). The van der Waals surface area contributed by atoms with Crippen molar-refractivity contribution >= 4 is 29.2 Å². The van der Waals surface area contributed by atoms with Crippen molar-refractivity contribution in [1.82, 2.24) is 4.90 Å². The molecule has 0 aliphatic carbocycles. The second-order valence-electron chi connectivity index (χ2n) is 9.00. The number of benzene rings is 1. The molecule has 4 N–H and O–H groups in total. The van der Waals surface area contributed by atoms with Crippen LogP contribution in [0.5, 0.6) is 11.5 Å². The molecular formula is C26H35NO10S. The van der Waals surface area contributed by atoms with E-state index >= 15 is 0 Å². The molecule has 1 unspecified atom stereocenters. The first-order valence-electron chi connectivity index (χ1n) is 11.9. The molecule has 1 aromatic heterocycles. The second kappa shape index (κ2) is 14.7. The quantitative estimate of drug-likeness (QED) is 0.288. The molecule has 1 fully saturated rings. The summed E-state index contributed by atoms with van der Waals surface area (Å²) in [6.07, 6.45) is 0.391. The molecule has 1 aromatic carbocycles. The predicted octanol–water partition coefficient (Wildman–Crippen LogP) is 3.01. The van der Waals surface area contributed by atoms with Gasteiger partial charge in [-0.15, -0.1) is 11.3 Å². The van der Waals surface area contributed by atoms with Crippen LogP contribution in [-0.4, -0.2) is 82.3 Å². The van der Waals surface area contributed by atoms with Gasteiger partial charge in [-0.2, -0.15) is 0 Å². The minimum absolute atomic E-state index is 0.348. The maximum Gasteiger partial charge on any atom is 0.336 e. The zero-order valence-corrected chi connectivity index (χ0v) is 22.5. The van der Waals surface area contributed by atoms with Gasteiger partial charge in [-0.25, -0.2) is 4.79 Å². The van der Waals surface area contributed by atoms with Gasteiger partial charge >= 0.3 is 17.9 Å². The van der Waals surface area contributed by atoms with Gasteiger partial charge in [-0.1, -0.05) is 6.07 Å². The number of rotatable bonds is 13. The molecule has 210 valence electrons. The van der Waals surface area contributed by atoms with E-state index in [4.69, 9.17) is 34.6 Å². The lowest BCUT2D eigenvalue weighted by molar-refractivity contribution is -0.170. The monoisotopic (exact) mass is 553 g/mol. The lowest BCUT2D eigenvalue weighted by atomic mass is 9.96. The summed E-state index contributed by atoms with van der Waals surface area (Å²) >= 11 is 1.83. The molecule has 2 aromatic rings. The van der Waals surface area contributed by atoms with E-state index in [1.807, 2.05) is 17.4 Å². The summed E-state index contributed by atoms with van der Waals surface area (Å²) in [4.78, 5) is 34.4. The van der Waals surface area contributed by atoms with Gasteiger partial charge in [0.15, 0.2) is 17.1 Å². The van der Waals surface area contributed by atoms with E-state index in [0.29, 0.717) is 6.10 Å². The summed E-state index contributed by atoms with van der Waals surface area (Å²) in [5.74, 6) is -3.47. The zero-order chi connectivity index (χ0) is 28.3. The van der Waals surface area contributed by atoms with E-state index in [1.54, 1.807) is 14.2 Å². The van der Waals surface area contributed by atoms with E-state index in [0.717, 1.165) is 44.2 Å². The van der Waals surface area contributed by atoms with Gasteiger partial charge in [0.05, 0.1) is 33.2 Å². The molecule has 3 rings (SSSR count). The van der Waals surface area contributed by atoms with Gasteiger partial charge in [0.2, 0.25) is 0 Å². The third-order valence-electron chi connectivity index (χ3n) is 5.96. The van der Waals surface area contributed by atoms with Gasteiger partial charge in [0, 0.05) is 31.1 Å². The minimum Gasteiger partial charge on any atom is -0.493 e. The number of carbonyl (C=O) groups is 3. The second-order valence-corrected chi connectivity index (χ2v) is 10.00. The molecule has 2 heterocycles. The summed E-state index contributed by atoms with van der Waals surface area (Å²) in [5.41, 5.74) is -0.142. The number of hydrogen-bond donors (Lipinski definition) is 4. The van der Waals surface area contributed by atoms with Crippen LogP contribution in [-0.2, 0) is 32.2 Å². The van der Waals surface area contributed by atoms with Crippen LogP contribution in [0.1, 0.15) is 41.7 Å². The van der Waals surface area contributed by atoms with Crippen LogP contribution in [0.2, 0.25) is 0 Å². The maximum absolute atomic E-state index is 10.3. The zero-order valence-electron chi connectivity index (χ0n) is 21.7. The van der Waals surface area contributed by atoms with E-state index in [2.05, 4.69) is 35.4 Å². The van der Waals surface area contributed by atoms with Crippen LogP contribution in [0, 0.1) is 6.92 Å². The highest BCUT2D eigenvalue weighted by Gasteiger charge is 2.40. The smallest absolute Gasteiger partial charge is 0.336 e. The molecule has 1 aliphatic rings. The average molecular weight is 554 g/mol. The van der Waals surface area contributed by atoms with Crippen LogP contribution in [0.3, 0.4) is 0 Å². The molecule has 0 radical (unpaired) electrons. The first kappa shape index (κ1) is 31.0. The van der Waals surface area contributed by atoms with Crippen molar-refractivity contribution in [3.05, 3.63) is 45.6 Å². The van der Waals surface area contributed by atoms with Gasteiger partial charge in [0.25, 0.3) is 0 Å². The first-order chi connectivity index (χ1) is 18.0. The third-order valence-corrected chi connectivity index (χ3v) is 6.97. The number of carboxylic acid groups (broad SMARTS) is 3. The van der Waals surface area contributed by atoms with Crippen LogP contribution in [0.25, 0.3) is 0 Å². The average Bonchev–Trinajstić information content (AvgIpc) is 3.50. The summed E-state index contributed by atoms with van der Waals surface area (Å²) < 4.78 is 16.7. The molecular weight excluding hydrogens is 518 g/mol. The van der Waals surface area contributed by atoms with Crippen molar-refractivity contribution in [3.8, 4) is 11.5 Å². The van der Waals surface area contributed by atoms with E-state index in [-0.39, 0.29) is 0 Å². The third kappa shape index (κ3) is 9.60. The highest BCUT2D eigenvalue weighted by atomic mass is 32.1. The number of thiophene rings is 1. The molecule has 1 aliphatic heterocycles. The molecule has 11 nitrogen and oxygen atoms in total. The highest BCUT2D eigenvalue weighted by Crippen LogP contribution is 2.29. The molecule has 0 amide bonds. The Morgan fingerprint density at radius 2 is 1.71 bits per heavy atom. The van der Waals surface area contributed by atoms with E-state index < -0.39 is 36.4 Å². The molecule has 38 heavy (non-hydrogen) atoms. The van der Waals surface area contributed by atoms with E-state index in [1.165, 1.54) is 22.4 Å². The largest absolute Gasteiger partial charge is 0.493 e. The van der Waals surface area contributed by atoms with Crippen molar-refractivity contribution < 1.29 is 49.0 Å². The lowest BCUT2D eigenvalue weighted by Gasteiger charge is -2.25. The lowest BCUT2D eigenvalue weighted by Crippen LogP contribution is -2.42. The van der Waals surface area contributed by atoms with Crippen molar-refractivity contribution in [2.24, 2.45) is 0 Å². The van der Waals surface area contributed by atoms with Gasteiger partial charge < -0.3 is 34.6 Å². The minimum atomic E-state index is -2.74. The number of aliphatic carboxylic acids is 3. The van der Waals surface area contributed by atoms with E-state index in [9.17, 15) is 14.4 Å². The van der Waals surface area contributed by atoms with Crippen LogP contribution < -0.4 is 9.47 Å². The molecule has 0 bridgehead atoms. The fourth-order valence-corrected chi connectivity index (χ4v) is 4.93. The van der Waals surface area contributed by atoms with Crippen molar-refractivity contribution in [3.63, 3.8) is 0 Å². The van der Waals surface area contributed by atoms with Crippen LogP contribution in [0.4, 0.5) is 0 Å². The Morgan fingerprint density at radius 3 is 2.18 bits per heavy atom. The number of nitrogens with zero attached hydrogens (tertiary/aromatic N) is 1. The normalized spacial score (nSPS) is 15.0. The fraction of sp³-hybridized carbons (Fsp3) is 0.500. The van der Waals surface area contributed by atoms with Crippen LogP contribution >= 0.6 is 11.3 Å². The predicted molar refractivity (Wildman–Crippen MR) is 139 cm³/mol. The highest BCUT2D eigenvalue weighted by molar-refractivity contribution is 7.10. The Morgan fingerprint density at radius 1 is 1.05 bits per heavy atom. The topological polar surface area (TPSA) is 163 Å². The Balaban J connectivity index is 0.000000332. The summed E-state index contributed by atoms with van der Waals surface area (Å²) in [5, 5.41) is 36.0. The number of hydrogen-bond acceptors (Lipinski definition) is 9. The number of carboxylic acids is 3. The van der Waals surface area contributed by atoms with Crippen LogP contribution in [0.15, 0.2) is 29.6 Å².